The molecule has 0 saturated heterocycles. The van der Waals surface area contributed by atoms with Crippen LogP contribution in [0.15, 0.2) is 158 Å². The topological polar surface area (TPSA) is 345 Å². The molecule has 0 aromatic heterocycles. The number of rotatable bonds is 12. The first-order chi connectivity index (χ1) is 30.2. The zero-order chi connectivity index (χ0) is 46.1. The molecule has 1 aliphatic carbocycles. The Kier molecular flexibility index (Phi) is 11.9. The number of nitrogens with zero attached hydrogens (tertiary/aromatic N) is 7. The maximum Gasteiger partial charge on any atom is 0.296 e. The fourth-order valence-electron chi connectivity index (χ4n) is 5.98. The lowest BCUT2D eigenvalue weighted by Gasteiger charge is -2.19. The monoisotopic (exact) mass is 928 g/mol. The number of hydrazone groups is 2. The molecule has 1 atom stereocenters. The predicted octanol–water partition coefficient (Wildman–Crippen LogP) is 2.40. The van der Waals surface area contributed by atoms with Gasteiger partial charge in [0.25, 0.3) is 36.3 Å². The van der Waals surface area contributed by atoms with Crippen LogP contribution in [-0.4, -0.2) is 68.1 Å². The molecule has 0 spiro atoms. The largest absolute Gasteiger partial charge is 0.296 e. The van der Waals surface area contributed by atoms with Gasteiger partial charge in [-0.25, -0.2) is 0 Å². The quantitative estimate of drug-likeness (QED) is 0.0594. The van der Waals surface area contributed by atoms with E-state index in [1.807, 2.05) is 0 Å². The summed E-state index contributed by atoms with van der Waals surface area (Å²) in [6, 6.07) is 21.0. The average Bonchev–Trinajstić information content (AvgIpc) is 3.53. The van der Waals surface area contributed by atoms with Crippen molar-refractivity contribution in [3.05, 3.63) is 150 Å². The van der Waals surface area contributed by atoms with Gasteiger partial charge in [0.15, 0.2) is 17.1 Å². The van der Waals surface area contributed by atoms with Gasteiger partial charge in [0.2, 0.25) is 16.6 Å². The van der Waals surface area contributed by atoms with Gasteiger partial charge in [0.05, 0.1) is 49.5 Å². The first kappa shape index (κ1) is 44.3. The summed E-state index contributed by atoms with van der Waals surface area (Å²) in [5.41, 5.74) is 4.53. The third-order valence-corrected chi connectivity index (χ3v) is 11.6. The lowest BCUT2D eigenvalue weighted by molar-refractivity contribution is -0.117. The molecule has 1 unspecified atom stereocenters. The van der Waals surface area contributed by atoms with Crippen LogP contribution in [-0.2, 0) is 35.1 Å². The van der Waals surface area contributed by atoms with Gasteiger partial charge in [0.1, 0.15) is 10.3 Å². The Morgan fingerprint density at radius 2 is 1.34 bits per heavy atom. The van der Waals surface area contributed by atoms with Crippen LogP contribution in [0.2, 0.25) is 0 Å². The molecular formula is C38H28N10O13S3. The zero-order valence-corrected chi connectivity index (χ0v) is 34.7. The van der Waals surface area contributed by atoms with Gasteiger partial charge in [-0.1, -0.05) is 24.3 Å². The number of carbonyl (C=O) groups excluding carboxylic acids is 2. The van der Waals surface area contributed by atoms with Gasteiger partial charge < -0.3 is 0 Å². The summed E-state index contributed by atoms with van der Waals surface area (Å²) >= 11 is 0. The standard InChI is InChI=1S/C38H28N10O13S3/c1-20-33(44-40-23-10-12-26(13-11-23)62(53,54)55)38(52)48(47-20)25-9-5-8-24(18-25)41-45-34-30(49)15-14-28(36(34)50)42-43-29-19-27(63(56,57)58)16-21-17-31(64(59,60)61)35(37(51)32(21)29)46-39-22-6-3-2-4-7-22/h2-19,33,39,41,43H,1H3,(H,53,54,55)(H,56,57,58)(H,59,60,61)/b42-28-,44-40?,45-34+,46-35+. The summed E-state index contributed by atoms with van der Waals surface area (Å²) in [6.45, 7) is 1.53. The van der Waals surface area contributed by atoms with Crippen LogP contribution >= 0.6 is 0 Å². The molecule has 1 amide bonds. The zero-order valence-electron chi connectivity index (χ0n) is 32.2. The Hall–Kier alpha value is -7.75. The number of fused-ring (bicyclic) bond motifs is 1. The van der Waals surface area contributed by atoms with Crippen LogP contribution in [0.3, 0.4) is 0 Å². The molecule has 1 heterocycles. The maximum atomic E-state index is 13.9. The average molecular weight is 929 g/mol. The van der Waals surface area contributed by atoms with E-state index in [1.165, 1.54) is 55.5 Å². The molecule has 2 aliphatic rings. The number of carbonyl (C=O) groups is 2. The normalized spacial score (nSPS) is 16.8. The van der Waals surface area contributed by atoms with E-state index in [0.29, 0.717) is 5.69 Å². The Bertz CT molecular complexity index is 3500. The molecule has 0 saturated carbocycles. The molecule has 0 bridgehead atoms. The molecule has 5 aromatic carbocycles. The van der Waals surface area contributed by atoms with Gasteiger partial charge in [0, 0.05) is 0 Å². The van der Waals surface area contributed by atoms with Crippen molar-refractivity contribution in [3.8, 4) is 0 Å². The predicted molar refractivity (Wildman–Crippen MR) is 229 cm³/mol. The Morgan fingerprint density at radius 3 is 2.02 bits per heavy atom. The highest BCUT2D eigenvalue weighted by Gasteiger charge is 2.37. The van der Waals surface area contributed by atoms with Crippen molar-refractivity contribution >= 4 is 88.0 Å². The lowest BCUT2D eigenvalue weighted by atomic mass is 9.93. The molecule has 23 nitrogen and oxygen atoms in total. The SMILES string of the molecule is CC1=NN(c2cccc(N/N=c3\c(=O)cc/c(=N/Nc4cc(S(=O)(=O)O)cc5c4C(=O)/C(=N/Nc4ccccc4)C(S(=O)(=O)O)=C5)c3=O)c2)C(=O)C1N=Nc1ccc(S(=O)(=O)O)cc1. The van der Waals surface area contributed by atoms with Gasteiger partial charge in [-0.2, -0.15) is 60.9 Å². The summed E-state index contributed by atoms with van der Waals surface area (Å²) in [5, 5.41) is 23.9. The highest BCUT2D eigenvalue weighted by molar-refractivity contribution is 7.91. The molecule has 5 aromatic rings. The van der Waals surface area contributed by atoms with Crippen molar-refractivity contribution in [1.82, 2.24) is 0 Å². The lowest BCUT2D eigenvalue weighted by Crippen LogP contribution is -2.48. The van der Waals surface area contributed by atoms with Crippen LogP contribution in [0, 0.1) is 0 Å². The maximum absolute atomic E-state index is 13.9. The van der Waals surface area contributed by atoms with Crippen LogP contribution in [0.5, 0.6) is 0 Å². The summed E-state index contributed by atoms with van der Waals surface area (Å²) in [4.78, 5) is 51.4. The number of ketones is 1. The van der Waals surface area contributed by atoms with Crippen molar-refractivity contribution in [3.63, 3.8) is 0 Å². The molecule has 7 rings (SSSR count). The van der Waals surface area contributed by atoms with Crippen molar-refractivity contribution in [2.24, 2.45) is 30.6 Å². The Balaban J connectivity index is 1.17. The fraction of sp³-hybridized carbons (Fsp3) is 0.0526. The summed E-state index contributed by atoms with van der Waals surface area (Å²) < 4.78 is 101. The molecule has 1 aliphatic heterocycles. The third kappa shape index (κ3) is 9.50. The Morgan fingerprint density at radius 1 is 0.672 bits per heavy atom. The number of para-hydroxylation sites is 1. The number of nitrogens with one attached hydrogen (secondary N) is 3. The molecule has 0 radical (unpaired) electrons. The number of amides is 1. The van der Waals surface area contributed by atoms with Crippen LogP contribution in [0.25, 0.3) is 6.08 Å². The molecule has 6 N–H and O–H groups in total. The second kappa shape index (κ2) is 17.2. The van der Waals surface area contributed by atoms with Gasteiger partial charge >= 0.3 is 0 Å². The Labute approximate surface area is 360 Å². The number of hydrogen-bond donors (Lipinski definition) is 6. The highest BCUT2D eigenvalue weighted by atomic mass is 32.2. The number of azo groups is 1. The van der Waals surface area contributed by atoms with Gasteiger partial charge in [-0.05, 0) is 97.4 Å². The van der Waals surface area contributed by atoms with E-state index in [1.54, 1.807) is 18.2 Å². The second-order valence-corrected chi connectivity index (χ2v) is 17.6. The van der Waals surface area contributed by atoms with Gasteiger partial charge in [-0.3, -0.25) is 49.1 Å². The number of benzene rings is 5. The van der Waals surface area contributed by atoms with Gasteiger partial charge in [-0.15, -0.1) is 0 Å². The summed E-state index contributed by atoms with van der Waals surface area (Å²) in [7, 11) is -14.6. The van der Waals surface area contributed by atoms with Crippen molar-refractivity contribution in [1.29, 1.82) is 0 Å². The minimum atomic E-state index is -5.16. The van der Waals surface area contributed by atoms with E-state index in [9.17, 15) is 58.1 Å². The van der Waals surface area contributed by atoms with Crippen molar-refractivity contribution < 1.29 is 48.5 Å². The number of Topliss-reactive ketones (excluding diaryl/α,β-unsaturated/α-hetero) is 1. The minimum absolute atomic E-state index is 0.171. The van der Waals surface area contributed by atoms with E-state index in [2.05, 4.69) is 46.9 Å². The van der Waals surface area contributed by atoms with E-state index in [4.69, 9.17) is 0 Å². The molecular weight excluding hydrogens is 901 g/mol. The van der Waals surface area contributed by atoms with E-state index >= 15 is 0 Å². The molecule has 326 valence electrons. The number of hydrogen-bond acceptors (Lipinski definition) is 19. The smallest absolute Gasteiger partial charge is 0.287 e. The number of allylic oxidation sites excluding steroid dienone is 1. The van der Waals surface area contributed by atoms with Crippen LogP contribution in [0.4, 0.5) is 28.4 Å². The van der Waals surface area contributed by atoms with E-state index in [0.717, 1.165) is 47.5 Å². The number of anilines is 4. The minimum Gasteiger partial charge on any atom is -0.287 e. The van der Waals surface area contributed by atoms with Crippen LogP contribution in [0.1, 0.15) is 22.8 Å². The first-order valence-electron chi connectivity index (χ1n) is 17.9. The fourth-order valence-corrected chi connectivity index (χ4v) is 7.67. The third-order valence-electron chi connectivity index (χ3n) is 9.03. The second-order valence-electron chi connectivity index (χ2n) is 13.4. The molecule has 26 heteroatoms. The summed E-state index contributed by atoms with van der Waals surface area (Å²) in [6.07, 6.45) is 0.747. The van der Waals surface area contributed by atoms with E-state index < -0.39 is 102 Å². The first-order valence-corrected chi connectivity index (χ1v) is 22.2. The highest BCUT2D eigenvalue weighted by Crippen LogP contribution is 2.34. The van der Waals surface area contributed by atoms with Crippen molar-refractivity contribution in [2.45, 2.75) is 22.8 Å². The van der Waals surface area contributed by atoms with Crippen LogP contribution < -0.4 is 42.9 Å². The molecule has 0 fully saturated rings. The summed E-state index contributed by atoms with van der Waals surface area (Å²) in [5.74, 6) is -1.77. The molecule has 64 heavy (non-hydrogen) atoms. The van der Waals surface area contributed by atoms with Crippen molar-refractivity contribution in [2.75, 3.05) is 21.3 Å². The van der Waals surface area contributed by atoms with E-state index in [-0.39, 0.29) is 27.7 Å².